The fourth-order valence-corrected chi connectivity index (χ4v) is 2.25. The third-order valence-electron chi connectivity index (χ3n) is 3.27. The van der Waals surface area contributed by atoms with E-state index in [4.69, 9.17) is 11.6 Å². The topological polar surface area (TPSA) is 34.9 Å². The van der Waals surface area contributed by atoms with E-state index in [-0.39, 0.29) is 11.3 Å². The van der Waals surface area contributed by atoms with Crippen LogP contribution in [0.5, 0.6) is 0 Å². The van der Waals surface area contributed by atoms with Crippen molar-refractivity contribution in [1.29, 1.82) is 0 Å². The lowest BCUT2D eigenvalue weighted by molar-refractivity contribution is 0.0846. The second-order valence-corrected chi connectivity index (χ2v) is 4.78. The zero-order chi connectivity index (χ0) is 11.9. The maximum atomic E-state index is 12.3. The van der Waals surface area contributed by atoms with Crippen LogP contribution in [0.4, 0.5) is 0 Å². The van der Waals surface area contributed by atoms with E-state index in [1.54, 1.807) is 18.5 Å². The lowest BCUT2D eigenvalue weighted by Crippen LogP contribution is -2.27. The largest absolute Gasteiger partial charge is 0.272 e. The van der Waals surface area contributed by atoms with Gasteiger partial charge in [0.15, 0.2) is 0 Å². The first kappa shape index (κ1) is 10.5. The highest BCUT2D eigenvalue weighted by atomic mass is 35.5. The molecule has 0 atom stereocenters. The first-order valence-electron chi connectivity index (χ1n) is 5.53. The van der Waals surface area contributed by atoms with Crippen molar-refractivity contribution in [2.75, 3.05) is 0 Å². The summed E-state index contributed by atoms with van der Waals surface area (Å²) in [7, 11) is 0. The van der Waals surface area contributed by atoms with Crippen molar-refractivity contribution in [2.24, 2.45) is 0 Å². The number of nitrogens with zero attached hydrogens (tertiary/aromatic N) is 2. The second kappa shape index (κ2) is 3.70. The average molecular weight is 247 g/mol. The van der Waals surface area contributed by atoms with Gasteiger partial charge in [-0.25, -0.2) is 4.68 Å². The van der Waals surface area contributed by atoms with Crippen molar-refractivity contribution >= 4 is 17.5 Å². The fraction of sp³-hybridized carbons (Fsp3) is 0.231. The molecular formula is C13H11ClN2O. The van der Waals surface area contributed by atoms with Gasteiger partial charge in [-0.15, -0.1) is 0 Å². The Balaban J connectivity index is 1.97. The van der Waals surface area contributed by atoms with Crippen LogP contribution >= 0.6 is 11.6 Å². The summed E-state index contributed by atoms with van der Waals surface area (Å²) >= 11 is 5.86. The molecule has 0 amide bonds. The summed E-state index contributed by atoms with van der Waals surface area (Å²) in [5.74, 6) is 0.0461. The number of carbonyl (C=O) groups excluding carboxylic acids is 1. The summed E-state index contributed by atoms with van der Waals surface area (Å²) in [5, 5.41) is 4.70. The Morgan fingerprint density at radius 1 is 1.29 bits per heavy atom. The molecule has 0 saturated heterocycles. The van der Waals surface area contributed by atoms with Crippen LogP contribution in [0.3, 0.4) is 0 Å². The second-order valence-electron chi connectivity index (χ2n) is 4.34. The first-order valence-corrected chi connectivity index (χ1v) is 5.91. The zero-order valence-electron chi connectivity index (χ0n) is 9.14. The molecule has 1 aliphatic carbocycles. The summed E-state index contributed by atoms with van der Waals surface area (Å²) in [4.78, 5) is 12.3. The van der Waals surface area contributed by atoms with Gasteiger partial charge in [0.25, 0.3) is 5.91 Å². The van der Waals surface area contributed by atoms with Crippen LogP contribution < -0.4 is 0 Å². The SMILES string of the molecule is O=C(n1cccn1)C1(c2ccc(Cl)cc2)CC1. The third-order valence-corrected chi connectivity index (χ3v) is 3.52. The van der Waals surface area contributed by atoms with E-state index in [1.807, 2.05) is 24.3 Å². The molecule has 4 heteroatoms. The van der Waals surface area contributed by atoms with Crippen LogP contribution in [0, 0.1) is 0 Å². The highest BCUT2D eigenvalue weighted by molar-refractivity contribution is 6.30. The van der Waals surface area contributed by atoms with Crippen molar-refractivity contribution < 1.29 is 4.79 Å². The van der Waals surface area contributed by atoms with E-state index in [9.17, 15) is 4.79 Å². The standard InChI is InChI=1S/C13H11ClN2O/c14-11-4-2-10(3-5-11)13(6-7-13)12(17)16-9-1-8-15-16/h1-5,8-9H,6-7H2. The van der Waals surface area contributed by atoms with Gasteiger partial charge in [0, 0.05) is 17.4 Å². The lowest BCUT2D eigenvalue weighted by Gasteiger charge is -2.14. The molecule has 1 fully saturated rings. The minimum Gasteiger partial charge on any atom is -0.272 e. The Bertz CT molecular complexity index is 541. The number of rotatable bonds is 2. The smallest absolute Gasteiger partial charge is 0.257 e. The minimum atomic E-state index is -0.378. The monoisotopic (exact) mass is 246 g/mol. The van der Waals surface area contributed by atoms with Gasteiger partial charge < -0.3 is 0 Å². The van der Waals surface area contributed by atoms with Gasteiger partial charge >= 0.3 is 0 Å². The van der Waals surface area contributed by atoms with Crippen LogP contribution in [0.1, 0.15) is 23.2 Å². The number of benzene rings is 1. The van der Waals surface area contributed by atoms with Gasteiger partial charge in [0.2, 0.25) is 0 Å². The summed E-state index contributed by atoms with van der Waals surface area (Å²) in [6.07, 6.45) is 5.08. The number of aromatic nitrogens is 2. The summed E-state index contributed by atoms with van der Waals surface area (Å²) in [5.41, 5.74) is 0.652. The number of halogens is 1. The molecule has 1 aliphatic rings. The molecule has 0 unspecified atom stereocenters. The summed E-state index contributed by atoms with van der Waals surface area (Å²) in [6, 6.07) is 9.27. The predicted molar refractivity (Wildman–Crippen MR) is 65.2 cm³/mol. The molecule has 3 nitrogen and oxygen atoms in total. The highest BCUT2D eigenvalue weighted by Crippen LogP contribution is 2.49. The van der Waals surface area contributed by atoms with E-state index in [0.717, 1.165) is 18.4 Å². The lowest BCUT2D eigenvalue weighted by atomic mass is 9.95. The molecular weight excluding hydrogens is 236 g/mol. The highest BCUT2D eigenvalue weighted by Gasteiger charge is 2.52. The van der Waals surface area contributed by atoms with Gasteiger partial charge in [-0.1, -0.05) is 23.7 Å². The molecule has 86 valence electrons. The minimum absolute atomic E-state index is 0.0461. The molecule has 1 aromatic heterocycles. The van der Waals surface area contributed by atoms with Crippen LogP contribution in [0.15, 0.2) is 42.7 Å². The number of carbonyl (C=O) groups is 1. The average Bonchev–Trinajstić information content (AvgIpc) is 2.97. The van der Waals surface area contributed by atoms with E-state index in [1.165, 1.54) is 4.68 Å². The number of hydrogen-bond donors (Lipinski definition) is 0. The summed E-state index contributed by atoms with van der Waals surface area (Å²) in [6.45, 7) is 0. The predicted octanol–water partition coefficient (Wildman–Crippen LogP) is 2.91. The third kappa shape index (κ3) is 1.67. The van der Waals surface area contributed by atoms with Crippen molar-refractivity contribution in [3.05, 3.63) is 53.3 Å². The van der Waals surface area contributed by atoms with Crippen molar-refractivity contribution in [2.45, 2.75) is 18.3 Å². The van der Waals surface area contributed by atoms with Gasteiger partial charge in [-0.2, -0.15) is 5.10 Å². The molecule has 0 bridgehead atoms. The van der Waals surface area contributed by atoms with Gasteiger partial charge in [0.1, 0.15) is 0 Å². The molecule has 17 heavy (non-hydrogen) atoms. The maximum Gasteiger partial charge on any atom is 0.257 e. The Kier molecular flexibility index (Phi) is 2.30. The molecule has 1 aromatic carbocycles. The van der Waals surface area contributed by atoms with E-state index in [2.05, 4.69) is 5.10 Å². The molecule has 2 aromatic rings. The Morgan fingerprint density at radius 3 is 2.53 bits per heavy atom. The zero-order valence-corrected chi connectivity index (χ0v) is 9.89. The van der Waals surface area contributed by atoms with E-state index in [0.29, 0.717) is 5.02 Å². The van der Waals surface area contributed by atoms with Crippen LogP contribution in [0.2, 0.25) is 5.02 Å². The molecule has 0 radical (unpaired) electrons. The van der Waals surface area contributed by atoms with Crippen LogP contribution in [-0.2, 0) is 5.41 Å². The van der Waals surface area contributed by atoms with Gasteiger partial charge in [-0.05, 0) is 36.6 Å². The maximum absolute atomic E-state index is 12.3. The molecule has 0 N–H and O–H groups in total. The fourth-order valence-electron chi connectivity index (χ4n) is 2.13. The Labute approximate surface area is 104 Å². The Hall–Kier alpha value is -1.61. The van der Waals surface area contributed by atoms with Gasteiger partial charge in [-0.3, -0.25) is 4.79 Å². The molecule has 0 aliphatic heterocycles. The Morgan fingerprint density at radius 2 is 2.00 bits per heavy atom. The van der Waals surface area contributed by atoms with Crippen LogP contribution in [-0.4, -0.2) is 15.7 Å². The summed E-state index contributed by atoms with van der Waals surface area (Å²) < 4.78 is 1.42. The van der Waals surface area contributed by atoms with E-state index < -0.39 is 0 Å². The van der Waals surface area contributed by atoms with Crippen molar-refractivity contribution in [3.63, 3.8) is 0 Å². The molecule has 1 heterocycles. The normalized spacial score (nSPS) is 16.8. The van der Waals surface area contributed by atoms with Gasteiger partial charge in [0.05, 0.1) is 5.41 Å². The number of hydrogen-bond acceptors (Lipinski definition) is 2. The quantitative estimate of drug-likeness (QED) is 0.817. The molecule has 1 saturated carbocycles. The first-order chi connectivity index (χ1) is 8.22. The van der Waals surface area contributed by atoms with Crippen molar-refractivity contribution in [1.82, 2.24) is 9.78 Å². The molecule has 3 rings (SSSR count). The van der Waals surface area contributed by atoms with E-state index >= 15 is 0 Å². The van der Waals surface area contributed by atoms with Crippen molar-refractivity contribution in [3.8, 4) is 0 Å². The molecule has 0 spiro atoms. The van der Waals surface area contributed by atoms with Crippen LogP contribution in [0.25, 0.3) is 0 Å².